The Morgan fingerprint density at radius 2 is 1.93 bits per heavy atom. The Bertz CT molecular complexity index is 774. The van der Waals surface area contributed by atoms with E-state index in [0.29, 0.717) is 37.1 Å². The predicted molar refractivity (Wildman–Crippen MR) is 103 cm³/mol. The van der Waals surface area contributed by atoms with Gasteiger partial charge in [0.1, 0.15) is 18.5 Å². The summed E-state index contributed by atoms with van der Waals surface area (Å²) >= 11 is 0. The Hall–Kier alpha value is -3.09. The molecule has 1 fully saturated rings. The average molecular weight is 368 g/mol. The molecule has 0 spiro atoms. The lowest BCUT2D eigenvalue weighted by atomic mass is 10.1. The zero-order valence-corrected chi connectivity index (χ0v) is 15.4. The molecule has 0 aliphatic carbocycles. The number of benzene rings is 1. The van der Waals surface area contributed by atoms with Crippen LogP contribution in [0.3, 0.4) is 0 Å². The molecule has 1 aliphatic rings. The monoisotopic (exact) mass is 368 g/mol. The third-order valence-electron chi connectivity index (χ3n) is 4.15. The van der Waals surface area contributed by atoms with Crippen molar-refractivity contribution in [2.75, 3.05) is 25.0 Å². The summed E-state index contributed by atoms with van der Waals surface area (Å²) in [4.78, 5) is 22.5. The van der Waals surface area contributed by atoms with Crippen molar-refractivity contribution in [3.05, 3.63) is 54.9 Å². The van der Waals surface area contributed by atoms with Gasteiger partial charge in [-0.2, -0.15) is 0 Å². The molecule has 1 aromatic carbocycles. The van der Waals surface area contributed by atoms with Gasteiger partial charge in [-0.15, -0.1) is 0 Å². The second-order valence-corrected chi connectivity index (χ2v) is 6.51. The first-order chi connectivity index (χ1) is 13.1. The molecule has 1 aromatic heterocycles. The van der Waals surface area contributed by atoms with E-state index in [2.05, 4.69) is 21.9 Å². The van der Waals surface area contributed by atoms with Crippen LogP contribution in [0, 0.1) is 0 Å². The number of nitrogens with zero attached hydrogens (tertiary/aromatic N) is 3. The van der Waals surface area contributed by atoms with E-state index in [1.54, 1.807) is 23.4 Å². The average Bonchev–Trinajstić information content (AvgIpc) is 2.68. The molecule has 0 radical (unpaired) electrons. The first-order valence-electron chi connectivity index (χ1n) is 8.97. The molecule has 27 heavy (non-hydrogen) atoms. The number of nitrogens with one attached hydrogen (secondary N) is 1. The molecule has 142 valence electrons. The summed E-state index contributed by atoms with van der Waals surface area (Å²) in [5, 5.41) is 2.94. The Morgan fingerprint density at radius 3 is 2.63 bits per heavy atom. The van der Waals surface area contributed by atoms with Gasteiger partial charge in [-0.05, 0) is 30.7 Å². The maximum atomic E-state index is 12.6. The van der Waals surface area contributed by atoms with Gasteiger partial charge in [0.25, 0.3) is 0 Å². The van der Waals surface area contributed by atoms with Crippen LogP contribution in [-0.2, 0) is 0 Å². The number of hydrogen-bond donors (Lipinski definition) is 1. The number of rotatable bonds is 6. The highest BCUT2D eigenvalue weighted by Crippen LogP contribution is 2.25. The number of hydrogen-bond acceptors (Lipinski definition) is 5. The maximum Gasteiger partial charge on any atom is 0.321 e. The molecule has 2 amide bonds. The summed E-state index contributed by atoms with van der Waals surface area (Å²) in [5.41, 5.74) is 1.57. The topological polar surface area (TPSA) is 76.6 Å². The minimum atomic E-state index is -0.143. The van der Waals surface area contributed by atoms with Gasteiger partial charge in [0.15, 0.2) is 0 Å². The van der Waals surface area contributed by atoms with Crippen molar-refractivity contribution in [2.45, 2.75) is 25.9 Å². The summed E-state index contributed by atoms with van der Waals surface area (Å²) < 4.78 is 11.5. The van der Waals surface area contributed by atoms with E-state index in [-0.39, 0.29) is 12.1 Å². The first kappa shape index (κ1) is 18.7. The Kier molecular flexibility index (Phi) is 6.25. The number of piperidine rings is 1. The minimum absolute atomic E-state index is 0.0163. The lowest BCUT2D eigenvalue weighted by Gasteiger charge is -2.31. The number of urea groups is 1. The van der Waals surface area contributed by atoms with Crippen molar-refractivity contribution in [1.82, 2.24) is 14.9 Å². The van der Waals surface area contributed by atoms with Gasteiger partial charge in [0.2, 0.25) is 0 Å². The number of carbonyl (C=O) groups excluding carboxylic acids is 1. The number of carbonyl (C=O) groups is 1. The van der Waals surface area contributed by atoms with E-state index >= 15 is 0 Å². The molecular weight excluding hydrogens is 344 g/mol. The minimum Gasteiger partial charge on any atom is -0.487 e. The number of likely N-dealkylation sites (tertiary alicyclic amines) is 1. The van der Waals surface area contributed by atoms with Crippen LogP contribution in [0.25, 0.3) is 0 Å². The second-order valence-electron chi connectivity index (χ2n) is 6.51. The van der Waals surface area contributed by atoms with E-state index in [4.69, 9.17) is 9.47 Å². The number of aromatic nitrogens is 2. The van der Waals surface area contributed by atoms with Crippen LogP contribution in [0.1, 0.15) is 19.8 Å². The highest BCUT2D eigenvalue weighted by Gasteiger charge is 2.25. The fourth-order valence-corrected chi connectivity index (χ4v) is 2.76. The molecule has 1 saturated heterocycles. The van der Waals surface area contributed by atoms with E-state index in [1.807, 2.05) is 31.2 Å². The van der Waals surface area contributed by atoms with Gasteiger partial charge in [0, 0.05) is 38.3 Å². The lowest BCUT2D eigenvalue weighted by molar-refractivity contribution is 0.107. The van der Waals surface area contributed by atoms with E-state index in [0.717, 1.165) is 18.4 Å². The molecular formula is C20H24N4O3. The SMILES string of the molecule is C=C(C)COc1ccccc1NC(=O)N1CCC(Oc2ncccn2)CC1. The standard InChI is InChI=1S/C20H24N4O3/c1-15(2)14-26-18-7-4-3-6-17(18)23-20(25)24-12-8-16(9-13-24)27-19-21-10-5-11-22-19/h3-7,10-11,16H,1,8-9,12-14H2,2H3,(H,23,25). The highest BCUT2D eigenvalue weighted by atomic mass is 16.5. The molecule has 0 unspecified atom stereocenters. The third kappa shape index (κ3) is 5.44. The van der Waals surface area contributed by atoms with Crippen molar-refractivity contribution in [3.8, 4) is 11.8 Å². The fraction of sp³-hybridized carbons (Fsp3) is 0.350. The zero-order chi connectivity index (χ0) is 19.1. The molecule has 2 aromatic rings. The largest absolute Gasteiger partial charge is 0.487 e. The summed E-state index contributed by atoms with van der Waals surface area (Å²) in [6, 6.07) is 9.38. The van der Waals surface area contributed by atoms with Crippen LogP contribution in [0.4, 0.5) is 10.5 Å². The molecule has 7 nitrogen and oxygen atoms in total. The van der Waals surface area contributed by atoms with Crippen LogP contribution in [-0.4, -0.2) is 46.7 Å². The van der Waals surface area contributed by atoms with Gasteiger partial charge in [-0.1, -0.05) is 18.7 Å². The van der Waals surface area contributed by atoms with Gasteiger partial charge in [-0.3, -0.25) is 0 Å². The van der Waals surface area contributed by atoms with E-state index in [1.165, 1.54) is 0 Å². The Morgan fingerprint density at radius 1 is 1.22 bits per heavy atom. The molecule has 2 heterocycles. The number of ether oxygens (including phenoxy) is 2. The third-order valence-corrected chi connectivity index (χ3v) is 4.15. The molecule has 3 rings (SSSR count). The van der Waals surface area contributed by atoms with Gasteiger partial charge >= 0.3 is 12.0 Å². The number of anilines is 1. The molecule has 0 bridgehead atoms. The molecule has 0 saturated carbocycles. The van der Waals surface area contributed by atoms with E-state index < -0.39 is 0 Å². The van der Waals surface area contributed by atoms with Crippen LogP contribution < -0.4 is 14.8 Å². The van der Waals surface area contributed by atoms with Crippen molar-refractivity contribution in [2.24, 2.45) is 0 Å². The Balaban J connectivity index is 1.52. The fourth-order valence-electron chi connectivity index (χ4n) is 2.76. The first-order valence-corrected chi connectivity index (χ1v) is 8.97. The van der Waals surface area contributed by atoms with Crippen LogP contribution >= 0.6 is 0 Å². The van der Waals surface area contributed by atoms with Crippen molar-refractivity contribution < 1.29 is 14.3 Å². The number of para-hydroxylation sites is 2. The number of amides is 2. The quantitative estimate of drug-likeness (QED) is 0.790. The molecule has 1 N–H and O–H groups in total. The van der Waals surface area contributed by atoms with Crippen LogP contribution in [0.2, 0.25) is 0 Å². The van der Waals surface area contributed by atoms with Crippen molar-refractivity contribution in [1.29, 1.82) is 0 Å². The normalized spacial score (nSPS) is 14.5. The van der Waals surface area contributed by atoms with Crippen LogP contribution in [0.5, 0.6) is 11.8 Å². The van der Waals surface area contributed by atoms with Crippen molar-refractivity contribution in [3.63, 3.8) is 0 Å². The second kappa shape index (κ2) is 9.02. The van der Waals surface area contributed by atoms with Gasteiger partial charge in [-0.25, -0.2) is 14.8 Å². The summed E-state index contributed by atoms with van der Waals surface area (Å²) in [7, 11) is 0. The van der Waals surface area contributed by atoms with E-state index in [9.17, 15) is 4.79 Å². The lowest BCUT2D eigenvalue weighted by Crippen LogP contribution is -2.43. The Labute approximate surface area is 159 Å². The zero-order valence-electron chi connectivity index (χ0n) is 15.4. The summed E-state index contributed by atoms with van der Waals surface area (Å²) in [6.45, 7) is 7.36. The summed E-state index contributed by atoms with van der Waals surface area (Å²) in [6.07, 6.45) is 4.79. The smallest absolute Gasteiger partial charge is 0.321 e. The summed E-state index contributed by atoms with van der Waals surface area (Å²) in [5.74, 6) is 0.633. The molecule has 1 aliphatic heterocycles. The highest BCUT2D eigenvalue weighted by molar-refractivity contribution is 5.91. The van der Waals surface area contributed by atoms with Crippen molar-refractivity contribution >= 4 is 11.7 Å². The molecule has 7 heteroatoms. The maximum absolute atomic E-state index is 12.6. The van der Waals surface area contributed by atoms with Gasteiger partial charge < -0.3 is 19.7 Å². The van der Waals surface area contributed by atoms with Crippen LogP contribution in [0.15, 0.2) is 54.9 Å². The molecule has 0 atom stereocenters. The predicted octanol–water partition coefficient (Wildman–Crippen LogP) is 3.51. The van der Waals surface area contributed by atoms with Gasteiger partial charge in [0.05, 0.1) is 5.69 Å².